The Balaban J connectivity index is 1.37. The van der Waals surface area contributed by atoms with Crippen molar-refractivity contribution in [3.63, 3.8) is 0 Å². The quantitative estimate of drug-likeness (QED) is 0.594. The molecule has 3 heterocycles. The van der Waals surface area contributed by atoms with Crippen LogP contribution in [-0.2, 0) is 0 Å². The normalized spacial score (nSPS) is 22.2. The van der Waals surface area contributed by atoms with Crippen LogP contribution >= 0.6 is 11.6 Å². The molecule has 1 saturated heterocycles. The molecule has 0 N–H and O–H groups in total. The van der Waals surface area contributed by atoms with Crippen LogP contribution in [0.4, 0.5) is 24.7 Å². The van der Waals surface area contributed by atoms with Crippen molar-refractivity contribution in [3.05, 3.63) is 41.8 Å². The first-order valence-corrected chi connectivity index (χ1v) is 11.1. The molecule has 4 rings (SSSR count). The third-order valence-electron chi connectivity index (χ3n) is 6.02. The number of alkyl halides is 3. The number of aromatic nitrogens is 2. The first kappa shape index (κ1) is 22.6. The molecule has 6 nitrogen and oxygen atoms in total. The van der Waals surface area contributed by atoms with Crippen molar-refractivity contribution in [2.75, 3.05) is 23.0 Å². The topological polar surface area (TPSA) is 53.9 Å². The third-order valence-corrected chi connectivity index (χ3v) is 6.22. The van der Waals surface area contributed by atoms with Gasteiger partial charge in [0.2, 0.25) is 0 Å². The largest absolute Gasteiger partial charge is 0.490 e. The molecule has 2 aromatic rings. The average molecular weight is 468 g/mol. The zero-order valence-electron chi connectivity index (χ0n) is 17.9. The van der Waals surface area contributed by atoms with E-state index in [0.29, 0.717) is 23.0 Å². The summed E-state index contributed by atoms with van der Waals surface area (Å²) in [5.41, 5.74) is -0.0896. The Kier molecular flexibility index (Phi) is 6.46. The number of hydrogen-bond acceptors (Lipinski definition) is 6. The summed E-state index contributed by atoms with van der Waals surface area (Å²) in [5.74, 6) is 0.812. The molecule has 0 amide bonds. The smallest absolute Gasteiger partial charge is 0.431 e. The van der Waals surface area contributed by atoms with Gasteiger partial charge in [0.1, 0.15) is 28.5 Å². The number of hydrazone groups is 1. The van der Waals surface area contributed by atoms with Gasteiger partial charge in [-0.3, -0.25) is 5.01 Å². The van der Waals surface area contributed by atoms with Crippen LogP contribution in [0.3, 0.4) is 0 Å². The molecule has 32 heavy (non-hydrogen) atoms. The number of benzene rings is 1. The molecule has 0 radical (unpaired) electrons. The van der Waals surface area contributed by atoms with Gasteiger partial charge in [0, 0.05) is 31.8 Å². The maximum atomic E-state index is 13.3. The van der Waals surface area contributed by atoms with Crippen LogP contribution in [0.25, 0.3) is 0 Å². The molecule has 1 fully saturated rings. The Labute approximate surface area is 190 Å². The van der Waals surface area contributed by atoms with E-state index in [2.05, 4.69) is 20.0 Å². The molecule has 10 heteroatoms. The highest BCUT2D eigenvalue weighted by molar-refractivity contribution is 6.29. The van der Waals surface area contributed by atoms with Crippen LogP contribution in [0, 0.1) is 5.92 Å². The number of halogens is 4. The molecule has 0 spiro atoms. The van der Waals surface area contributed by atoms with Crippen LogP contribution < -0.4 is 14.6 Å². The first-order valence-electron chi connectivity index (χ1n) is 10.7. The van der Waals surface area contributed by atoms with Crippen molar-refractivity contribution in [3.8, 4) is 5.75 Å². The molecular formula is C22H25ClF3N5O. The second-order valence-corrected chi connectivity index (χ2v) is 8.47. The van der Waals surface area contributed by atoms with Gasteiger partial charge in [-0.05, 0) is 30.7 Å². The van der Waals surface area contributed by atoms with E-state index in [9.17, 15) is 13.2 Å². The van der Waals surface area contributed by atoms with E-state index in [0.717, 1.165) is 31.7 Å². The van der Waals surface area contributed by atoms with Crippen LogP contribution in [0.15, 0.2) is 41.8 Å². The SMILES string of the molecule is CC[C@H]1C(C)C(C(F)(F)F)=NN1c1ccc(OC2CCN(c3cnc(Cl)cn3)CC2)cc1. The second-order valence-electron chi connectivity index (χ2n) is 8.09. The van der Waals surface area contributed by atoms with E-state index < -0.39 is 17.8 Å². The van der Waals surface area contributed by atoms with E-state index in [-0.39, 0.29) is 12.1 Å². The van der Waals surface area contributed by atoms with Gasteiger partial charge in [0.15, 0.2) is 0 Å². The van der Waals surface area contributed by atoms with Crippen molar-refractivity contribution in [2.24, 2.45) is 11.0 Å². The van der Waals surface area contributed by atoms with E-state index in [1.54, 1.807) is 37.4 Å². The predicted octanol–water partition coefficient (Wildman–Crippen LogP) is 5.33. The predicted molar refractivity (Wildman–Crippen MR) is 119 cm³/mol. The maximum Gasteiger partial charge on any atom is 0.431 e. The lowest BCUT2D eigenvalue weighted by atomic mass is 9.95. The van der Waals surface area contributed by atoms with Gasteiger partial charge < -0.3 is 9.64 Å². The number of nitrogens with zero attached hydrogens (tertiary/aromatic N) is 5. The average Bonchev–Trinajstić information content (AvgIpc) is 3.12. The molecule has 0 aliphatic carbocycles. The Morgan fingerprint density at radius 1 is 1.09 bits per heavy atom. The van der Waals surface area contributed by atoms with Gasteiger partial charge in [0.05, 0.1) is 24.1 Å². The third kappa shape index (κ3) is 4.77. The van der Waals surface area contributed by atoms with Gasteiger partial charge >= 0.3 is 6.18 Å². The zero-order chi connectivity index (χ0) is 22.9. The van der Waals surface area contributed by atoms with Crippen LogP contribution in [0.5, 0.6) is 5.75 Å². The standard InChI is InChI=1S/C22H25ClF3N5O/c1-3-18-14(2)21(22(24,25)26)29-31(18)15-4-6-16(7-5-15)32-17-8-10-30(11-9-17)20-13-27-19(23)12-28-20/h4-7,12-14,17-18H,3,8-11H2,1-2H3/t14?,18-/m0/s1. The molecule has 2 aliphatic heterocycles. The zero-order valence-corrected chi connectivity index (χ0v) is 18.6. The highest BCUT2D eigenvalue weighted by Gasteiger charge is 2.47. The summed E-state index contributed by atoms with van der Waals surface area (Å²) in [6.07, 6.45) is 1.06. The summed E-state index contributed by atoms with van der Waals surface area (Å²) in [5, 5.41) is 5.76. The number of ether oxygens (including phenoxy) is 1. The van der Waals surface area contributed by atoms with Crippen molar-refractivity contribution in [1.29, 1.82) is 0 Å². The second kappa shape index (κ2) is 9.13. The molecule has 0 saturated carbocycles. The lowest BCUT2D eigenvalue weighted by molar-refractivity contribution is -0.0620. The Morgan fingerprint density at radius 2 is 1.78 bits per heavy atom. The monoisotopic (exact) mass is 467 g/mol. The number of piperidine rings is 1. The minimum atomic E-state index is -4.42. The molecule has 1 unspecified atom stereocenters. The van der Waals surface area contributed by atoms with E-state index in [1.807, 2.05) is 6.92 Å². The summed E-state index contributed by atoms with van der Waals surface area (Å²) >= 11 is 5.79. The van der Waals surface area contributed by atoms with Crippen molar-refractivity contribution >= 4 is 28.8 Å². The number of hydrogen-bond donors (Lipinski definition) is 0. The van der Waals surface area contributed by atoms with E-state index >= 15 is 0 Å². The van der Waals surface area contributed by atoms with Crippen LogP contribution in [0.1, 0.15) is 33.1 Å². The molecule has 2 atom stereocenters. The summed E-state index contributed by atoms with van der Waals surface area (Å²) in [7, 11) is 0. The van der Waals surface area contributed by atoms with Gasteiger partial charge in [-0.2, -0.15) is 18.3 Å². The lowest BCUT2D eigenvalue weighted by Gasteiger charge is -2.32. The fourth-order valence-electron chi connectivity index (χ4n) is 4.31. The van der Waals surface area contributed by atoms with Gasteiger partial charge in [0.25, 0.3) is 0 Å². The highest BCUT2D eigenvalue weighted by atomic mass is 35.5. The maximum absolute atomic E-state index is 13.3. The van der Waals surface area contributed by atoms with E-state index in [1.165, 1.54) is 11.2 Å². The van der Waals surface area contributed by atoms with Gasteiger partial charge in [-0.15, -0.1) is 0 Å². The van der Waals surface area contributed by atoms with Crippen molar-refractivity contribution < 1.29 is 17.9 Å². The molecule has 2 aliphatic rings. The van der Waals surface area contributed by atoms with Gasteiger partial charge in [-0.1, -0.05) is 25.4 Å². The summed E-state index contributed by atoms with van der Waals surface area (Å²) < 4.78 is 46.0. The van der Waals surface area contributed by atoms with Crippen molar-refractivity contribution in [2.45, 2.75) is 51.4 Å². The highest BCUT2D eigenvalue weighted by Crippen LogP contribution is 2.36. The fourth-order valence-corrected chi connectivity index (χ4v) is 4.40. The lowest BCUT2D eigenvalue weighted by Crippen LogP contribution is -2.38. The first-order chi connectivity index (χ1) is 15.3. The molecule has 0 bridgehead atoms. The van der Waals surface area contributed by atoms with Crippen molar-refractivity contribution in [1.82, 2.24) is 9.97 Å². The van der Waals surface area contributed by atoms with E-state index in [4.69, 9.17) is 16.3 Å². The Bertz CT molecular complexity index is 944. The number of rotatable bonds is 5. The molecule has 172 valence electrons. The van der Waals surface area contributed by atoms with Crippen LogP contribution in [-0.4, -0.2) is 47.1 Å². The summed E-state index contributed by atoms with van der Waals surface area (Å²) in [6, 6.07) is 6.81. The minimum Gasteiger partial charge on any atom is -0.490 e. The van der Waals surface area contributed by atoms with Crippen LogP contribution in [0.2, 0.25) is 5.15 Å². The number of anilines is 2. The minimum absolute atomic E-state index is 0.0578. The molecular weight excluding hydrogens is 443 g/mol. The Hall–Kier alpha value is -2.55. The fraction of sp³-hybridized carbons (Fsp3) is 0.500. The summed E-state index contributed by atoms with van der Waals surface area (Å²) in [4.78, 5) is 10.5. The molecule has 1 aromatic heterocycles. The summed E-state index contributed by atoms with van der Waals surface area (Å²) in [6.45, 7) is 5.04. The Morgan fingerprint density at radius 3 is 2.34 bits per heavy atom. The molecule has 1 aromatic carbocycles. The van der Waals surface area contributed by atoms with Gasteiger partial charge in [-0.25, -0.2) is 9.97 Å².